The van der Waals surface area contributed by atoms with Crippen LogP contribution in [0.2, 0.25) is 19.6 Å². The molecule has 0 spiro atoms. The van der Waals surface area contributed by atoms with Crippen LogP contribution in [-0.2, 0) is 26.5 Å². The second-order valence-electron chi connectivity index (χ2n) is 17.8. The van der Waals surface area contributed by atoms with E-state index in [0.717, 1.165) is 44.1 Å². The van der Waals surface area contributed by atoms with E-state index in [4.69, 9.17) is 19.0 Å². The molecule has 4 nitrogen and oxygen atoms in total. The number of aromatic nitrogens is 3. The van der Waals surface area contributed by atoms with Crippen LogP contribution in [0.25, 0.3) is 72.4 Å². The number of pyridine rings is 1. The molecular weight excluding hydrogens is 970 g/mol. The fourth-order valence-electron chi connectivity index (χ4n) is 8.03. The summed E-state index contributed by atoms with van der Waals surface area (Å²) in [5, 5.41) is 2.71. The molecule has 0 unspecified atom stereocenters. The first-order valence-corrected chi connectivity index (χ1v) is 24.8. The summed E-state index contributed by atoms with van der Waals surface area (Å²) in [4.78, 5) is 9.63. The SMILES string of the molecule is CC(C)c1cc(-c2ccccc2)cc(C(C)C)c1-n1c(-c2[c-]ccc3c2oc2cc(F)ccc23)nc2ccccc21.[2H]c1[c-]c(-c2cc(C([2H])([2H])C(C)C)c([Si](C)(C)C)cn2)cc([2H])c1C([2H])([2H])[2H].[Ir]. The summed E-state index contributed by atoms with van der Waals surface area (Å²) >= 11 is 0. The molecule has 3 aromatic heterocycles. The number of fused-ring (bicyclic) bond motifs is 4. The van der Waals surface area contributed by atoms with Crippen LogP contribution in [-0.4, -0.2) is 22.6 Å². The van der Waals surface area contributed by atoms with Crippen LogP contribution in [0.3, 0.4) is 0 Å². The largest absolute Gasteiger partial charge is 0.500 e. The maximum Gasteiger partial charge on any atom is 0.126 e. The minimum atomic E-state index is -2.56. The first kappa shape index (κ1) is 37.0. The average molecular weight is 1030 g/mol. The third-order valence-corrected chi connectivity index (χ3v) is 13.1. The van der Waals surface area contributed by atoms with E-state index in [-0.39, 0.29) is 61.3 Å². The first-order valence-electron chi connectivity index (χ1n) is 24.8. The molecule has 0 atom stereocenters. The number of para-hydroxylation sites is 2. The molecule has 0 saturated heterocycles. The van der Waals surface area contributed by atoms with Gasteiger partial charge in [0, 0.05) is 53.0 Å². The molecule has 0 fully saturated rings. The van der Waals surface area contributed by atoms with Gasteiger partial charge in [-0.2, -0.15) is 0 Å². The zero-order valence-electron chi connectivity index (χ0n) is 44.2. The predicted molar refractivity (Wildman–Crippen MR) is 261 cm³/mol. The topological polar surface area (TPSA) is 43.9 Å². The van der Waals surface area contributed by atoms with Crippen molar-refractivity contribution in [1.29, 1.82) is 0 Å². The van der Waals surface area contributed by atoms with Gasteiger partial charge in [-0.25, -0.2) is 4.39 Å². The van der Waals surface area contributed by atoms with Crippen molar-refractivity contribution in [2.75, 3.05) is 0 Å². The molecule has 9 rings (SSSR count). The van der Waals surface area contributed by atoms with Gasteiger partial charge in [-0.15, -0.1) is 53.5 Å². The van der Waals surface area contributed by atoms with Crippen molar-refractivity contribution in [2.45, 2.75) is 86.2 Å². The number of hydrogen-bond acceptors (Lipinski definition) is 3. The number of furan rings is 1. The Labute approximate surface area is 396 Å². The fraction of sp³-hybridized carbons (Fsp3) is 0.250. The molecule has 9 aromatic rings. The second kappa shape index (κ2) is 18.7. The van der Waals surface area contributed by atoms with E-state index in [2.05, 4.69) is 124 Å². The number of imidazole rings is 1. The van der Waals surface area contributed by atoms with E-state index in [9.17, 15) is 4.39 Å². The number of nitrogens with zero attached hydrogens (tertiary/aromatic N) is 3. The summed E-state index contributed by atoms with van der Waals surface area (Å²) in [7, 11) is -1.87. The van der Waals surface area contributed by atoms with Crippen LogP contribution in [0.15, 0.2) is 132 Å². The first-order chi connectivity index (χ1) is 32.5. The molecule has 3 heterocycles. The van der Waals surface area contributed by atoms with Gasteiger partial charge in [0.1, 0.15) is 11.4 Å². The summed E-state index contributed by atoms with van der Waals surface area (Å²) in [6, 6.07) is 40.6. The Morgan fingerprint density at radius 2 is 1.54 bits per heavy atom. The van der Waals surface area contributed by atoms with Gasteiger partial charge in [0.25, 0.3) is 0 Å². The Morgan fingerprint density at radius 3 is 2.21 bits per heavy atom. The summed E-state index contributed by atoms with van der Waals surface area (Å²) in [6.07, 6.45) is 0.120. The van der Waals surface area contributed by atoms with Crippen LogP contribution in [0.4, 0.5) is 4.39 Å². The third kappa shape index (κ3) is 9.43. The van der Waals surface area contributed by atoms with E-state index < -0.39 is 21.3 Å². The van der Waals surface area contributed by atoms with E-state index in [1.807, 2.05) is 38.1 Å². The van der Waals surface area contributed by atoms with E-state index in [1.54, 1.807) is 18.3 Å². The molecule has 0 N–H and O–H groups in total. The Balaban J connectivity index is 0.000000220. The number of benzene rings is 6. The Kier molecular flexibility index (Phi) is 11.0. The zero-order valence-corrected chi connectivity index (χ0v) is 40.6. The van der Waals surface area contributed by atoms with Crippen molar-refractivity contribution in [3.63, 3.8) is 0 Å². The number of hydrogen-bond donors (Lipinski definition) is 0. The van der Waals surface area contributed by atoms with Crippen LogP contribution < -0.4 is 5.19 Å². The minimum absolute atomic E-state index is 0. The maximum atomic E-state index is 14.1. The number of halogens is 1. The summed E-state index contributed by atoms with van der Waals surface area (Å²) in [5.74, 6) is 0.699. The van der Waals surface area contributed by atoms with E-state index in [0.29, 0.717) is 28.0 Å². The zero-order chi connectivity index (χ0) is 49.9. The minimum Gasteiger partial charge on any atom is -0.500 e. The molecule has 63 heavy (non-hydrogen) atoms. The molecule has 323 valence electrons. The molecule has 6 aromatic carbocycles. The molecule has 0 amide bonds. The standard InChI is InChI=1S/C37H30FN2O.C19H26NSi.Ir/c1-22(2)30-19-25(24-11-6-5-7-12-24)20-31(23(3)4)35(30)40-33-16-9-8-15-32(33)39-37(40)29-14-10-13-28-27-18-17-26(38)21-34(27)41-36(28)29;1-14(2)11-17-12-18(16-9-7-15(3)8-10-16)20-13-19(17)21(4,5)6;/h5-13,15-23H,1-4H3;7-9,12-14H,11H2,1-6H3;/q2*-1;/i;3D3,7D,8D,11D2;. The molecule has 0 aliphatic rings. The molecule has 7 heteroatoms. The van der Waals surface area contributed by atoms with Crippen LogP contribution in [0.5, 0.6) is 0 Å². The van der Waals surface area contributed by atoms with E-state index >= 15 is 0 Å². The van der Waals surface area contributed by atoms with Gasteiger partial charge in [-0.1, -0.05) is 133 Å². The van der Waals surface area contributed by atoms with Crippen molar-refractivity contribution in [3.05, 3.63) is 168 Å². The maximum absolute atomic E-state index is 14.1. The number of rotatable bonds is 9. The quantitative estimate of drug-likeness (QED) is 0.107. The summed E-state index contributed by atoms with van der Waals surface area (Å²) in [6.45, 7) is 16.5. The van der Waals surface area contributed by atoms with Crippen molar-refractivity contribution in [1.82, 2.24) is 14.5 Å². The average Bonchev–Trinajstić information content (AvgIpc) is 3.86. The van der Waals surface area contributed by atoms with Crippen LogP contribution in [0, 0.1) is 30.7 Å². The molecular formula is C56H56FIrN3OSi-2. The molecule has 1 radical (unpaired) electrons. The fourth-order valence-corrected chi connectivity index (χ4v) is 9.44. The van der Waals surface area contributed by atoms with Crippen molar-refractivity contribution in [3.8, 4) is 39.5 Å². The third-order valence-electron chi connectivity index (χ3n) is 11.0. The van der Waals surface area contributed by atoms with Gasteiger partial charge in [0.15, 0.2) is 0 Å². The van der Waals surface area contributed by atoms with Gasteiger partial charge in [-0.05, 0) is 93.7 Å². The van der Waals surface area contributed by atoms with Gasteiger partial charge in [-0.3, -0.25) is 4.98 Å². The monoisotopic (exact) mass is 1030 g/mol. The normalized spacial score (nSPS) is 13.8. The van der Waals surface area contributed by atoms with Gasteiger partial charge in [0.05, 0.1) is 30.5 Å². The second-order valence-corrected chi connectivity index (χ2v) is 22.8. The van der Waals surface area contributed by atoms with Crippen molar-refractivity contribution in [2.24, 2.45) is 5.92 Å². The van der Waals surface area contributed by atoms with Gasteiger partial charge in [0.2, 0.25) is 0 Å². The van der Waals surface area contributed by atoms with Gasteiger partial charge >= 0.3 is 0 Å². The van der Waals surface area contributed by atoms with E-state index in [1.165, 1.54) is 40.5 Å². The molecule has 0 saturated carbocycles. The Bertz CT molecular complexity index is 3320. The van der Waals surface area contributed by atoms with Crippen molar-refractivity contribution < 1.29 is 38.5 Å². The molecule has 0 bridgehead atoms. The summed E-state index contributed by atoms with van der Waals surface area (Å²) < 4.78 is 78.5. The van der Waals surface area contributed by atoms with Gasteiger partial charge < -0.3 is 14.0 Å². The van der Waals surface area contributed by atoms with Crippen LogP contribution in [0.1, 0.15) is 85.2 Å². The smallest absolute Gasteiger partial charge is 0.126 e. The Morgan fingerprint density at radius 1 is 0.825 bits per heavy atom. The van der Waals surface area contributed by atoms with Crippen LogP contribution >= 0.6 is 0 Å². The van der Waals surface area contributed by atoms with Crippen molar-refractivity contribution >= 4 is 46.2 Å². The predicted octanol–water partition coefficient (Wildman–Crippen LogP) is 15.0. The molecule has 0 aliphatic heterocycles. The summed E-state index contributed by atoms with van der Waals surface area (Å²) in [5.41, 5.74) is 10.8. The Hall–Kier alpha value is -5.46. The molecule has 0 aliphatic carbocycles.